The van der Waals surface area contributed by atoms with Crippen LogP contribution in [0.3, 0.4) is 0 Å². The van der Waals surface area contributed by atoms with E-state index >= 15 is 0 Å². The fourth-order valence-corrected chi connectivity index (χ4v) is 2.16. The zero-order valence-electron chi connectivity index (χ0n) is 13.2. The Morgan fingerprint density at radius 2 is 1.73 bits per heavy atom. The zero-order chi connectivity index (χ0) is 16.9. The molecule has 7 nitrogen and oxygen atoms in total. The van der Waals surface area contributed by atoms with E-state index in [1.165, 1.54) is 14.2 Å². The maximum atomic E-state index is 12.3. The van der Waals surface area contributed by atoms with Gasteiger partial charge in [-0.2, -0.15) is 0 Å². The summed E-state index contributed by atoms with van der Waals surface area (Å²) >= 11 is 0. The quantitative estimate of drug-likeness (QED) is 0.505. The first-order valence-corrected chi connectivity index (χ1v) is 6.92. The van der Waals surface area contributed by atoms with Crippen LogP contribution < -0.4 is 5.32 Å². The number of hydrogen-bond acceptors (Lipinski definition) is 6. The van der Waals surface area contributed by atoms with Crippen molar-refractivity contribution < 1.29 is 29.0 Å². The molecule has 0 amide bonds. The Morgan fingerprint density at radius 3 is 2.23 bits per heavy atom. The molecule has 0 aromatic rings. The SMILES string of the molecule is COC1=C(OC)C(=O)C(CCCNC(C)C(=O)O)=C(C)C1=O. The highest BCUT2D eigenvalue weighted by Crippen LogP contribution is 2.27. The van der Waals surface area contributed by atoms with Gasteiger partial charge in [0.15, 0.2) is 0 Å². The molecular formula is C15H21NO6. The number of hydrogen-bond donors (Lipinski definition) is 2. The highest BCUT2D eigenvalue weighted by atomic mass is 16.5. The molecule has 2 N–H and O–H groups in total. The van der Waals surface area contributed by atoms with Crippen molar-refractivity contribution in [2.45, 2.75) is 32.7 Å². The maximum Gasteiger partial charge on any atom is 0.320 e. The molecule has 0 bridgehead atoms. The van der Waals surface area contributed by atoms with Crippen LogP contribution in [0.2, 0.25) is 0 Å². The van der Waals surface area contributed by atoms with Gasteiger partial charge in [-0.1, -0.05) is 0 Å². The van der Waals surface area contributed by atoms with Gasteiger partial charge >= 0.3 is 5.97 Å². The van der Waals surface area contributed by atoms with Gasteiger partial charge in [-0.05, 0) is 33.2 Å². The Morgan fingerprint density at radius 1 is 1.18 bits per heavy atom. The predicted octanol–water partition coefficient (Wildman–Crippen LogP) is 0.802. The Balaban J connectivity index is 2.75. The molecule has 0 radical (unpaired) electrons. The van der Waals surface area contributed by atoms with Crippen LogP contribution in [-0.2, 0) is 23.9 Å². The Bertz CT molecular complexity index is 546. The average Bonchev–Trinajstić information content (AvgIpc) is 2.49. The number of rotatable bonds is 8. The van der Waals surface area contributed by atoms with Crippen LogP contribution in [0.5, 0.6) is 0 Å². The van der Waals surface area contributed by atoms with Crippen molar-refractivity contribution in [3.8, 4) is 0 Å². The van der Waals surface area contributed by atoms with E-state index < -0.39 is 12.0 Å². The van der Waals surface area contributed by atoms with Gasteiger partial charge in [0.25, 0.3) is 0 Å². The summed E-state index contributed by atoms with van der Waals surface area (Å²) in [6, 6.07) is -0.659. The molecule has 1 rings (SSSR count). The van der Waals surface area contributed by atoms with Crippen LogP contribution in [0.4, 0.5) is 0 Å². The predicted molar refractivity (Wildman–Crippen MR) is 78.1 cm³/mol. The third-order valence-electron chi connectivity index (χ3n) is 3.52. The fraction of sp³-hybridized carbons (Fsp3) is 0.533. The summed E-state index contributed by atoms with van der Waals surface area (Å²) in [4.78, 5) is 35.2. The van der Waals surface area contributed by atoms with Crippen molar-refractivity contribution >= 4 is 17.5 Å². The van der Waals surface area contributed by atoms with Crippen molar-refractivity contribution in [1.29, 1.82) is 0 Å². The molecule has 1 unspecified atom stereocenters. The van der Waals surface area contributed by atoms with E-state index in [1.807, 2.05) is 0 Å². The standard InChI is InChI=1S/C15H21NO6/c1-8-10(6-5-7-16-9(2)15(19)20)12(18)14(22-4)13(21-3)11(8)17/h9,16H,5-7H2,1-4H3,(H,19,20). The number of nitrogens with one attached hydrogen (secondary N) is 1. The van der Waals surface area contributed by atoms with Gasteiger partial charge in [0, 0.05) is 11.1 Å². The summed E-state index contributed by atoms with van der Waals surface area (Å²) in [5, 5.41) is 11.6. The number of carboxylic acids is 1. The first-order valence-electron chi connectivity index (χ1n) is 6.92. The van der Waals surface area contributed by atoms with Crippen LogP contribution in [0, 0.1) is 0 Å². The van der Waals surface area contributed by atoms with E-state index in [0.29, 0.717) is 30.5 Å². The fourth-order valence-electron chi connectivity index (χ4n) is 2.16. The lowest BCUT2D eigenvalue weighted by Gasteiger charge is -2.20. The normalized spacial score (nSPS) is 16.9. The molecule has 0 heterocycles. The summed E-state index contributed by atoms with van der Waals surface area (Å²) in [5.74, 6) is -1.82. The van der Waals surface area contributed by atoms with E-state index in [0.717, 1.165) is 0 Å². The molecule has 0 saturated heterocycles. The van der Waals surface area contributed by atoms with Gasteiger partial charge in [-0.25, -0.2) is 0 Å². The van der Waals surface area contributed by atoms with Gasteiger partial charge in [0.2, 0.25) is 23.1 Å². The maximum absolute atomic E-state index is 12.3. The lowest BCUT2D eigenvalue weighted by Crippen LogP contribution is -2.34. The van der Waals surface area contributed by atoms with E-state index in [9.17, 15) is 14.4 Å². The highest BCUT2D eigenvalue weighted by Gasteiger charge is 2.34. The van der Waals surface area contributed by atoms with Crippen LogP contribution in [0.15, 0.2) is 22.7 Å². The molecule has 0 spiro atoms. The lowest BCUT2D eigenvalue weighted by molar-refractivity contribution is -0.139. The van der Waals surface area contributed by atoms with Crippen molar-refractivity contribution in [2.75, 3.05) is 20.8 Å². The minimum atomic E-state index is -0.936. The summed E-state index contributed by atoms with van der Waals surface area (Å²) in [5.41, 5.74) is 0.723. The number of aliphatic carboxylic acids is 1. The second-order valence-electron chi connectivity index (χ2n) is 4.95. The molecule has 0 aliphatic heterocycles. The molecule has 1 aliphatic carbocycles. The molecule has 0 aromatic heterocycles. The Kier molecular flexibility index (Phi) is 6.30. The van der Waals surface area contributed by atoms with Crippen LogP contribution >= 0.6 is 0 Å². The second kappa shape index (κ2) is 7.74. The molecule has 0 fully saturated rings. The van der Waals surface area contributed by atoms with E-state index in [-0.39, 0.29) is 23.1 Å². The minimum Gasteiger partial charge on any atom is -0.489 e. The number of carboxylic acid groups (broad SMARTS) is 1. The topological polar surface area (TPSA) is 102 Å². The van der Waals surface area contributed by atoms with Crippen LogP contribution in [-0.4, -0.2) is 49.4 Å². The number of carbonyl (C=O) groups excluding carboxylic acids is 2. The summed E-state index contributed by atoms with van der Waals surface area (Å²) in [6.07, 6.45) is 0.891. The van der Waals surface area contributed by atoms with Crippen LogP contribution in [0.25, 0.3) is 0 Å². The van der Waals surface area contributed by atoms with Gasteiger partial charge in [-0.3, -0.25) is 14.4 Å². The number of carbonyl (C=O) groups is 3. The van der Waals surface area contributed by atoms with Crippen LogP contribution in [0.1, 0.15) is 26.7 Å². The summed E-state index contributed by atoms with van der Waals surface area (Å²) in [7, 11) is 2.63. The third-order valence-corrected chi connectivity index (χ3v) is 3.52. The zero-order valence-corrected chi connectivity index (χ0v) is 13.2. The molecular weight excluding hydrogens is 290 g/mol. The van der Waals surface area contributed by atoms with Crippen molar-refractivity contribution in [3.05, 3.63) is 22.7 Å². The second-order valence-corrected chi connectivity index (χ2v) is 4.95. The molecule has 1 aliphatic rings. The highest BCUT2D eigenvalue weighted by molar-refractivity contribution is 6.23. The number of ether oxygens (including phenoxy) is 2. The molecule has 0 aromatic carbocycles. The number of Topliss-reactive ketones (excluding diaryl/α,β-unsaturated/α-hetero) is 2. The van der Waals surface area contributed by atoms with Crippen molar-refractivity contribution in [1.82, 2.24) is 5.32 Å². The average molecular weight is 311 g/mol. The first-order chi connectivity index (χ1) is 10.3. The van der Waals surface area contributed by atoms with E-state index in [4.69, 9.17) is 14.6 Å². The molecule has 1 atom stereocenters. The summed E-state index contributed by atoms with van der Waals surface area (Å²) in [6.45, 7) is 3.54. The molecule has 122 valence electrons. The largest absolute Gasteiger partial charge is 0.489 e. The number of ketones is 2. The van der Waals surface area contributed by atoms with Gasteiger partial charge in [0.1, 0.15) is 6.04 Å². The molecule has 7 heteroatoms. The Labute approximate surface area is 129 Å². The van der Waals surface area contributed by atoms with Crippen molar-refractivity contribution in [3.63, 3.8) is 0 Å². The lowest BCUT2D eigenvalue weighted by atomic mass is 9.90. The summed E-state index contributed by atoms with van der Waals surface area (Å²) < 4.78 is 9.94. The van der Waals surface area contributed by atoms with E-state index in [2.05, 4.69) is 5.32 Å². The monoisotopic (exact) mass is 311 g/mol. The third kappa shape index (κ3) is 3.73. The minimum absolute atomic E-state index is 0.0774. The number of methoxy groups -OCH3 is 2. The van der Waals surface area contributed by atoms with Crippen molar-refractivity contribution in [2.24, 2.45) is 0 Å². The van der Waals surface area contributed by atoms with E-state index in [1.54, 1.807) is 13.8 Å². The Hall–Kier alpha value is -2.15. The molecule has 22 heavy (non-hydrogen) atoms. The van der Waals surface area contributed by atoms with Gasteiger partial charge in [-0.15, -0.1) is 0 Å². The number of allylic oxidation sites excluding steroid dienone is 2. The van der Waals surface area contributed by atoms with Gasteiger partial charge < -0.3 is 19.9 Å². The first kappa shape index (κ1) is 17.9. The smallest absolute Gasteiger partial charge is 0.320 e. The van der Waals surface area contributed by atoms with Gasteiger partial charge in [0.05, 0.1) is 14.2 Å². The molecule has 0 saturated carbocycles.